The fourth-order valence-electron chi connectivity index (χ4n) is 2.84. The van der Waals surface area contributed by atoms with Crippen LogP contribution in [0.25, 0.3) is 0 Å². The highest BCUT2D eigenvalue weighted by molar-refractivity contribution is 7.12. The lowest BCUT2D eigenvalue weighted by molar-refractivity contribution is 0.109. The molecule has 2 rings (SSSR count). The number of carbonyl (C=O) groups is 1. The fourth-order valence-corrected chi connectivity index (χ4v) is 4.24. The first kappa shape index (κ1) is 15.4. The molecule has 0 saturated heterocycles. The number of rotatable bonds is 1. The average molecular weight is 295 g/mol. The second-order valence-corrected chi connectivity index (χ2v) is 7.50. The molecule has 0 fully saturated rings. The molecule has 0 unspecified atom stereocenters. The third-order valence-corrected chi connectivity index (χ3v) is 5.62. The molecule has 3 nitrogen and oxygen atoms in total. The van der Waals surface area contributed by atoms with E-state index in [9.17, 15) is 4.79 Å². The maximum Gasteiger partial charge on any atom is 0.409 e. The van der Waals surface area contributed by atoms with Gasteiger partial charge in [0.2, 0.25) is 0 Å². The number of ether oxygens (including phenoxy) is 1. The van der Waals surface area contributed by atoms with E-state index in [0.717, 1.165) is 25.9 Å². The van der Waals surface area contributed by atoms with Crippen molar-refractivity contribution in [1.82, 2.24) is 4.90 Å². The molecule has 1 aromatic heterocycles. The lowest BCUT2D eigenvalue weighted by Crippen LogP contribution is -2.33. The summed E-state index contributed by atoms with van der Waals surface area (Å²) in [7, 11) is 0. The van der Waals surface area contributed by atoms with Gasteiger partial charge in [0.15, 0.2) is 0 Å². The number of amides is 1. The van der Waals surface area contributed by atoms with E-state index in [1.165, 1.54) is 20.9 Å². The van der Waals surface area contributed by atoms with Crippen molar-refractivity contribution in [3.63, 3.8) is 0 Å². The van der Waals surface area contributed by atoms with Gasteiger partial charge in [-0.1, -0.05) is 20.8 Å². The number of nitrogens with zero attached hydrogens (tertiary/aromatic N) is 1. The molecular formula is C16H25NO2S. The van der Waals surface area contributed by atoms with Crippen molar-refractivity contribution in [1.29, 1.82) is 0 Å². The van der Waals surface area contributed by atoms with Gasteiger partial charge in [0.05, 0.1) is 6.61 Å². The van der Waals surface area contributed by atoms with Gasteiger partial charge in [-0.25, -0.2) is 4.79 Å². The number of fused-ring (bicyclic) bond motifs is 1. The minimum atomic E-state index is -0.170. The minimum absolute atomic E-state index is 0.170. The van der Waals surface area contributed by atoms with Crippen molar-refractivity contribution in [2.45, 2.75) is 52.9 Å². The highest BCUT2D eigenvalue weighted by atomic mass is 32.1. The second kappa shape index (κ2) is 5.76. The van der Waals surface area contributed by atoms with E-state index in [0.29, 0.717) is 6.61 Å². The summed E-state index contributed by atoms with van der Waals surface area (Å²) in [6.45, 7) is 12.9. The second-order valence-electron chi connectivity index (χ2n) is 6.39. The summed E-state index contributed by atoms with van der Waals surface area (Å²) < 4.78 is 5.11. The van der Waals surface area contributed by atoms with Gasteiger partial charge in [0.25, 0.3) is 0 Å². The molecule has 20 heavy (non-hydrogen) atoms. The molecule has 0 aliphatic carbocycles. The van der Waals surface area contributed by atoms with Crippen LogP contribution in [0.5, 0.6) is 0 Å². The molecule has 1 aliphatic rings. The van der Waals surface area contributed by atoms with Crippen molar-refractivity contribution >= 4 is 17.4 Å². The molecule has 0 bridgehead atoms. The summed E-state index contributed by atoms with van der Waals surface area (Å²) in [5.41, 5.74) is 3.11. The molecule has 0 atom stereocenters. The SMILES string of the molecule is CCOC(=O)N1CCc2sc(C(C)(C)C)c(C)c2CC1. The predicted molar refractivity (Wildman–Crippen MR) is 83.8 cm³/mol. The Morgan fingerprint density at radius 3 is 2.55 bits per heavy atom. The molecule has 1 amide bonds. The Kier molecular flexibility index (Phi) is 4.43. The summed E-state index contributed by atoms with van der Waals surface area (Å²) in [5.74, 6) is 0. The lowest BCUT2D eigenvalue weighted by Gasteiger charge is -2.20. The number of carbonyl (C=O) groups excluding carboxylic acids is 1. The molecule has 0 saturated carbocycles. The Hall–Kier alpha value is -1.03. The molecule has 4 heteroatoms. The van der Waals surface area contributed by atoms with Crippen LogP contribution >= 0.6 is 11.3 Å². The van der Waals surface area contributed by atoms with Gasteiger partial charge >= 0.3 is 6.09 Å². The molecule has 0 aromatic carbocycles. The zero-order valence-electron chi connectivity index (χ0n) is 13.2. The Bertz CT molecular complexity index is 499. The van der Waals surface area contributed by atoms with Gasteiger partial charge < -0.3 is 9.64 Å². The summed E-state index contributed by atoms with van der Waals surface area (Å²) in [6, 6.07) is 0. The van der Waals surface area contributed by atoms with Crippen LogP contribution in [-0.2, 0) is 23.0 Å². The van der Waals surface area contributed by atoms with E-state index in [1.54, 1.807) is 0 Å². The molecule has 1 aliphatic heterocycles. The predicted octanol–water partition coefficient (Wildman–Crippen LogP) is 3.91. The van der Waals surface area contributed by atoms with Gasteiger partial charge in [-0.05, 0) is 43.2 Å². The van der Waals surface area contributed by atoms with Gasteiger partial charge in [0, 0.05) is 22.8 Å². The van der Waals surface area contributed by atoms with E-state index in [2.05, 4.69) is 27.7 Å². The smallest absolute Gasteiger partial charge is 0.409 e. The Labute approximate surface area is 125 Å². The first-order valence-corrected chi connectivity index (χ1v) is 8.19. The molecule has 1 aromatic rings. The molecule has 0 N–H and O–H groups in total. The third kappa shape index (κ3) is 3.00. The van der Waals surface area contributed by atoms with E-state index in [-0.39, 0.29) is 11.5 Å². The zero-order chi connectivity index (χ0) is 14.9. The van der Waals surface area contributed by atoms with Crippen molar-refractivity contribution in [2.75, 3.05) is 19.7 Å². The highest BCUT2D eigenvalue weighted by Gasteiger charge is 2.27. The number of hydrogen-bond donors (Lipinski definition) is 0. The van der Waals surface area contributed by atoms with Crippen LogP contribution in [0.4, 0.5) is 4.79 Å². The lowest BCUT2D eigenvalue weighted by atomic mass is 9.90. The Morgan fingerprint density at radius 2 is 1.95 bits per heavy atom. The van der Waals surface area contributed by atoms with Crippen LogP contribution in [0.1, 0.15) is 48.6 Å². The van der Waals surface area contributed by atoms with Gasteiger partial charge in [-0.3, -0.25) is 0 Å². The van der Waals surface area contributed by atoms with Crippen LogP contribution in [0.2, 0.25) is 0 Å². The largest absolute Gasteiger partial charge is 0.450 e. The van der Waals surface area contributed by atoms with Crippen molar-refractivity contribution in [3.8, 4) is 0 Å². The Morgan fingerprint density at radius 1 is 1.30 bits per heavy atom. The van der Waals surface area contributed by atoms with Crippen molar-refractivity contribution < 1.29 is 9.53 Å². The van der Waals surface area contributed by atoms with Gasteiger partial charge in [0.1, 0.15) is 0 Å². The first-order chi connectivity index (χ1) is 9.34. The average Bonchev–Trinajstić information content (AvgIpc) is 2.56. The first-order valence-electron chi connectivity index (χ1n) is 7.38. The quantitative estimate of drug-likeness (QED) is 0.786. The number of thiophene rings is 1. The zero-order valence-corrected chi connectivity index (χ0v) is 14.0. The summed E-state index contributed by atoms with van der Waals surface area (Å²) in [4.78, 5) is 16.6. The van der Waals surface area contributed by atoms with Gasteiger partial charge in [-0.15, -0.1) is 11.3 Å². The summed E-state index contributed by atoms with van der Waals surface area (Å²) in [5, 5.41) is 0. The minimum Gasteiger partial charge on any atom is -0.450 e. The van der Waals surface area contributed by atoms with E-state index >= 15 is 0 Å². The van der Waals surface area contributed by atoms with Crippen LogP contribution < -0.4 is 0 Å². The maximum absolute atomic E-state index is 11.8. The number of hydrogen-bond acceptors (Lipinski definition) is 3. The fraction of sp³-hybridized carbons (Fsp3) is 0.688. The summed E-state index contributed by atoms with van der Waals surface area (Å²) >= 11 is 1.93. The third-order valence-electron chi connectivity index (χ3n) is 3.80. The molecule has 0 radical (unpaired) electrons. The van der Waals surface area contributed by atoms with E-state index in [1.807, 2.05) is 23.2 Å². The standard InChI is InChI=1S/C16H25NO2S/c1-6-19-15(18)17-9-7-12-11(2)14(16(3,4)5)20-13(12)8-10-17/h6-10H2,1-5H3. The normalized spacial score (nSPS) is 15.8. The van der Waals surface area contributed by atoms with Crippen LogP contribution in [-0.4, -0.2) is 30.7 Å². The molecule has 0 spiro atoms. The van der Waals surface area contributed by atoms with Gasteiger partial charge in [-0.2, -0.15) is 0 Å². The molecule has 2 heterocycles. The molecular weight excluding hydrogens is 270 g/mol. The topological polar surface area (TPSA) is 29.5 Å². The maximum atomic E-state index is 11.8. The van der Waals surface area contributed by atoms with Crippen LogP contribution in [0, 0.1) is 6.92 Å². The van der Waals surface area contributed by atoms with Crippen molar-refractivity contribution in [3.05, 3.63) is 20.9 Å². The summed E-state index contributed by atoms with van der Waals surface area (Å²) in [6.07, 6.45) is 1.74. The van der Waals surface area contributed by atoms with Crippen molar-refractivity contribution in [2.24, 2.45) is 0 Å². The monoisotopic (exact) mass is 295 g/mol. The Balaban J connectivity index is 2.18. The highest BCUT2D eigenvalue weighted by Crippen LogP contribution is 2.38. The van der Waals surface area contributed by atoms with Crippen LogP contribution in [0.15, 0.2) is 0 Å². The molecule has 112 valence electrons. The van der Waals surface area contributed by atoms with E-state index in [4.69, 9.17) is 4.74 Å². The van der Waals surface area contributed by atoms with Crippen LogP contribution in [0.3, 0.4) is 0 Å². The van der Waals surface area contributed by atoms with E-state index < -0.39 is 0 Å².